The standard InChI is InChI=1S/C17H20N2/c1-2-6-14(7-3-1)15-12-17(13-15)19-11-9-16-8-4-5-10-18-16/h1-8,10,15,17,19H,9,11-13H2. The van der Waals surface area contributed by atoms with E-state index in [1.807, 2.05) is 12.3 Å². The number of nitrogens with one attached hydrogen (secondary N) is 1. The number of hydrogen-bond acceptors (Lipinski definition) is 2. The lowest BCUT2D eigenvalue weighted by molar-refractivity contribution is 0.292. The highest BCUT2D eigenvalue weighted by Gasteiger charge is 2.29. The van der Waals surface area contributed by atoms with Crippen LogP contribution in [-0.4, -0.2) is 17.6 Å². The van der Waals surface area contributed by atoms with Gasteiger partial charge >= 0.3 is 0 Å². The minimum Gasteiger partial charge on any atom is -0.314 e. The van der Waals surface area contributed by atoms with E-state index in [9.17, 15) is 0 Å². The van der Waals surface area contributed by atoms with E-state index < -0.39 is 0 Å². The first kappa shape index (κ1) is 12.4. The van der Waals surface area contributed by atoms with Crippen LogP contribution in [0.25, 0.3) is 0 Å². The Labute approximate surface area is 114 Å². The maximum absolute atomic E-state index is 4.34. The molecule has 1 aliphatic carbocycles. The Morgan fingerprint density at radius 1 is 1.00 bits per heavy atom. The van der Waals surface area contributed by atoms with E-state index in [0.717, 1.165) is 18.9 Å². The molecule has 0 saturated heterocycles. The summed E-state index contributed by atoms with van der Waals surface area (Å²) >= 11 is 0. The summed E-state index contributed by atoms with van der Waals surface area (Å²) in [5.41, 5.74) is 2.67. The molecule has 0 spiro atoms. The lowest BCUT2D eigenvalue weighted by Gasteiger charge is -2.36. The Hall–Kier alpha value is -1.67. The highest BCUT2D eigenvalue weighted by atomic mass is 14.9. The van der Waals surface area contributed by atoms with E-state index in [1.165, 1.54) is 24.1 Å². The van der Waals surface area contributed by atoms with Crippen molar-refractivity contribution in [1.29, 1.82) is 0 Å². The molecule has 0 bridgehead atoms. The van der Waals surface area contributed by atoms with E-state index >= 15 is 0 Å². The average Bonchev–Trinajstić information content (AvgIpc) is 2.43. The summed E-state index contributed by atoms with van der Waals surface area (Å²) in [5, 5.41) is 3.63. The Kier molecular flexibility index (Phi) is 3.89. The van der Waals surface area contributed by atoms with Crippen LogP contribution in [0.3, 0.4) is 0 Å². The minimum atomic E-state index is 0.689. The molecule has 1 heterocycles. The summed E-state index contributed by atoms with van der Waals surface area (Å²) in [6.07, 6.45) is 5.43. The molecule has 2 aromatic rings. The molecule has 1 aromatic carbocycles. The molecule has 98 valence electrons. The van der Waals surface area contributed by atoms with Gasteiger partial charge in [-0.2, -0.15) is 0 Å². The molecular formula is C17H20N2. The smallest absolute Gasteiger partial charge is 0.0416 e. The number of aromatic nitrogens is 1. The zero-order chi connectivity index (χ0) is 12.9. The molecule has 0 aliphatic heterocycles. The molecule has 2 heteroatoms. The van der Waals surface area contributed by atoms with Crippen LogP contribution in [0.1, 0.15) is 30.0 Å². The van der Waals surface area contributed by atoms with Crippen LogP contribution in [0.2, 0.25) is 0 Å². The molecule has 2 nitrogen and oxygen atoms in total. The molecule has 0 amide bonds. The summed E-state index contributed by atoms with van der Waals surface area (Å²) in [7, 11) is 0. The van der Waals surface area contributed by atoms with Crippen molar-refractivity contribution >= 4 is 0 Å². The summed E-state index contributed by atoms with van der Waals surface area (Å²) < 4.78 is 0. The van der Waals surface area contributed by atoms with Crippen molar-refractivity contribution in [2.45, 2.75) is 31.2 Å². The van der Waals surface area contributed by atoms with Crippen LogP contribution in [0.15, 0.2) is 54.7 Å². The van der Waals surface area contributed by atoms with Gasteiger partial charge in [0, 0.05) is 30.9 Å². The lowest BCUT2D eigenvalue weighted by Crippen LogP contribution is -2.40. The first-order valence-corrected chi connectivity index (χ1v) is 7.10. The maximum atomic E-state index is 4.34. The predicted octanol–water partition coefficient (Wildman–Crippen LogP) is 3.16. The van der Waals surface area contributed by atoms with Crippen molar-refractivity contribution < 1.29 is 0 Å². The first-order valence-electron chi connectivity index (χ1n) is 7.10. The molecule has 0 unspecified atom stereocenters. The van der Waals surface area contributed by atoms with Gasteiger partial charge in [-0.3, -0.25) is 4.98 Å². The Morgan fingerprint density at radius 3 is 2.53 bits per heavy atom. The van der Waals surface area contributed by atoms with Crippen molar-refractivity contribution in [2.24, 2.45) is 0 Å². The second-order valence-corrected chi connectivity index (χ2v) is 5.30. The number of hydrogen-bond donors (Lipinski definition) is 1. The minimum absolute atomic E-state index is 0.689. The van der Waals surface area contributed by atoms with Gasteiger partial charge in [0.25, 0.3) is 0 Å². The molecular weight excluding hydrogens is 232 g/mol. The fraction of sp³-hybridized carbons (Fsp3) is 0.353. The Morgan fingerprint density at radius 2 is 1.79 bits per heavy atom. The molecule has 0 atom stereocenters. The Balaban J connectivity index is 1.38. The van der Waals surface area contributed by atoms with Crippen molar-refractivity contribution in [2.75, 3.05) is 6.54 Å². The van der Waals surface area contributed by atoms with Gasteiger partial charge in [-0.1, -0.05) is 36.4 Å². The van der Waals surface area contributed by atoms with Crippen molar-refractivity contribution in [3.05, 3.63) is 66.0 Å². The van der Waals surface area contributed by atoms with E-state index in [-0.39, 0.29) is 0 Å². The fourth-order valence-corrected chi connectivity index (χ4v) is 2.73. The van der Waals surface area contributed by atoms with Crippen LogP contribution in [0.4, 0.5) is 0 Å². The number of nitrogens with zero attached hydrogens (tertiary/aromatic N) is 1. The molecule has 1 aliphatic rings. The van der Waals surface area contributed by atoms with Gasteiger partial charge in [-0.25, -0.2) is 0 Å². The van der Waals surface area contributed by atoms with Gasteiger partial charge in [0.2, 0.25) is 0 Å². The molecule has 19 heavy (non-hydrogen) atoms. The molecule has 1 fully saturated rings. The van der Waals surface area contributed by atoms with Crippen LogP contribution in [0.5, 0.6) is 0 Å². The normalized spacial score (nSPS) is 21.9. The summed E-state index contributed by atoms with van der Waals surface area (Å²) in [4.78, 5) is 4.34. The van der Waals surface area contributed by atoms with Gasteiger partial charge in [-0.15, -0.1) is 0 Å². The second-order valence-electron chi connectivity index (χ2n) is 5.30. The summed E-state index contributed by atoms with van der Waals surface area (Å²) in [6, 6.07) is 17.6. The molecule has 1 aromatic heterocycles. The van der Waals surface area contributed by atoms with Crippen LogP contribution >= 0.6 is 0 Å². The Bertz CT molecular complexity index is 489. The van der Waals surface area contributed by atoms with Gasteiger partial charge < -0.3 is 5.32 Å². The summed E-state index contributed by atoms with van der Waals surface area (Å²) in [5.74, 6) is 0.758. The molecule has 1 N–H and O–H groups in total. The van der Waals surface area contributed by atoms with Crippen molar-refractivity contribution in [3.63, 3.8) is 0 Å². The van der Waals surface area contributed by atoms with Crippen molar-refractivity contribution in [3.8, 4) is 0 Å². The van der Waals surface area contributed by atoms with Gasteiger partial charge in [-0.05, 0) is 36.5 Å². The third-order valence-electron chi connectivity index (χ3n) is 3.95. The van der Waals surface area contributed by atoms with Gasteiger partial charge in [0.1, 0.15) is 0 Å². The summed E-state index contributed by atoms with van der Waals surface area (Å²) in [6.45, 7) is 1.03. The molecule has 3 rings (SSSR count). The second kappa shape index (κ2) is 5.98. The van der Waals surface area contributed by atoms with Gasteiger partial charge in [0.15, 0.2) is 0 Å². The third kappa shape index (κ3) is 3.21. The SMILES string of the molecule is c1ccc(C2CC(NCCc3ccccn3)C2)cc1. The van der Waals surface area contributed by atoms with E-state index in [0.29, 0.717) is 6.04 Å². The lowest BCUT2D eigenvalue weighted by atomic mass is 9.76. The largest absolute Gasteiger partial charge is 0.314 e. The molecule has 1 saturated carbocycles. The van der Waals surface area contributed by atoms with Crippen LogP contribution in [0, 0.1) is 0 Å². The van der Waals surface area contributed by atoms with Gasteiger partial charge in [0.05, 0.1) is 0 Å². The quantitative estimate of drug-likeness (QED) is 0.884. The zero-order valence-electron chi connectivity index (χ0n) is 11.1. The average molecular weight is 252 g/mol. The predicted molar refractivity (Wildman–Crippen MR) is 78.1 cm³/mol. The first-order chi connectivity index (χ1) is 9.42. The molecule has 0 radical (unpaired) electrons. The third-order valence-corrected chi connectivity index (χ3v) is 3.95. The van der Waals surface area contributed by atoms with E-state index in [2.05, 4.69) is 52.8 Å². The van der Waals surface area contributed by atoms with Crippen LogP contribution < -0.4 is 5.32 Å². The highest BCUT2D eigenvalue weighted by molar-refractivity contribution is 5.22. The van der Waals surface area contributed by atoms with E-state index in [1.54, 1.807) is 0 Å². The monoisotopic (exact) mass is 252 g/mol. The fourth-order valence-electron chi connectivity index (χ4n) is 2.73. The highest BCUT2D eigenvalue weighted by Crippen LogP contribution is 2.36. The van der Waals surface area contributed by atoms with E-state index in [4.69, 9.17) is 0 Å². The zero-order valence-corrected chi connectivity index (χ0v) is 11.1. The maximum Gasteiger partial charge on any atom is 0.0416 e. The topological polar surface area (TPSA) is 24.9 Å². The number of pyridine rings is 1. The number of rotatable bonds is 5. The van der Waals surface area contributed by atoms with Crippen molar-refractivity contribution in [1.82, 2.24) is 10.3 Å². The number of benzene rings is 1. The van der Waals surface area contributed by atoms with Crippen LogP contribution in [-0.2, 0) is 6.42 Å².